The van der Waals surface area contributed by atoms with Crippen LogP contribution in [0.3, 0.4) is 0 Å². The van der Waals surface area contributed by atoms with E-state index in [1.165, 1.54) is 12.0 Å². The zero-order valence-corrected chi connectivity index (χ0v) is 13.6. The molecule has 4 rings (SSSR count). The van der Waals surface area contributed by atoms with Crippen molar-refractivity contribution < 1.29 is 9.84 Å². The van der Waals surface area contributed by atoms with E-state index in [4.69, 9.17) is 4.74 Å². The molecule has 1 N–H and O–H groups in total. The molecule has 2 fully saturated rings. The molecule has 1 aromatic carbocycles. The van der Waals surface area contributed by atoms with Crippen molar-refractivity contribution in [3.63, 3.8) is 0 Å². The van der Waals surface area contributed by atoms with Crippen LogP contribution in [-0.4, -0.2) is 10.7 Å². The Hall–Kier alpha value is -1.18. The van der Waals surface area contributed by atoms with E-state index in [1.807, 2.05) is 6.07 Å². The highest BCUT2D eigenvalue weighted by Gasteiger charge is 2.69. The summed E-state index contributed by atoms with van der Waals surface area (Å²) < 4.78 is 6.45. The third kappa shape index (κ3) is 1.54. The van der Waals surface area contributed by atoms with E-state index >= 15 is 0 Å². The maximum Gasteiger partial charge on any atom is 0.127 e. The van der Waals surface area contributed by atoms with Gasteiger partial charge in [-0.2, -0.15) is 0 Å². The van der Waals surface area contributed by atoms with E-state index in [0.29, 0.717) is 17.6 Å². The van der Waals surface area contributed by atoms with Crippen LogP contribution in [0.15, 0.2) is 12.1 Å². The van der Waals surface area contributed by atoms with Gasteiger partial charge in [0.05, 0.1) is 0 Å². The van der Waals surface area contributed by atoms with Crippen LogP contribution in [-0.2, 0) is 6.42 Å². The maximum absolute atomic E-state index is 10.6. The number of benzene rings is 1. The fraction of sp³-hybridized carbons (Fsp3) is 0.684. The van der Waals surface area contributed by atoms with Crippen LogP contribution >= 0.6 is 0 Å². The number of rotatable bonds is 2. The first-order valence-electron chi connectivity index (χ1n) is 8.43. The molecule has 1 heterocycles. The molecule has 1 aliphatic heterocycles. The second-order valence-corrected chi connectivity index (χ2v) is 8.16. The van der Waals surface area contributed by atoms with Gasteiger partial charge in [-0.05, 0) is 55.2 Å². The molecule has 0 bridgehead atoms. The van der Waals surface area contributed by atoms with Gasteiger partial charge in [0.1, 0.15) is 17.1 Å². The zero-order chi connectivity index (χ0) is 15.0. The lowest BCUT2D eigenvalue weighted by Crippen LogP contribution is -2.59. The Balaban J connectivity index is 1.86. The van der Waals surface area contributed by atoms with Gasteiger partial charge in [0.25, 0.3) is 0 Å². The molecule has 2 saturated carbocycles. The number of hydrogen-bond donors (Lipinski definition) is 1. The smallest absolute Gasteiger partial charge is 0.127 e. The van der Waals surface area contributed by atoms with Gasteiger partial charge >= 0.3 is 0 Å². The van der Waals surface area contributed by atoms with Crippen LogP contribution in [0.2, 0.25) is 0 Å². The van der Waals surface area contributed by atoms with E-state index in [1.54, 1.807) is 0 Å². The Morgan fingerprint density at radius 2 is 2.05 bits per heavy atom. The van der Waals surface area contributed by atoms with Crippen LogP contribution < -0.4 is 4.74 Å². The number of aryl methyl sites for hydroxylation is 1. The number of phenolic OH excluding ortho intramolecular Hbond substituents is 1. The van der Waals surface area contributed by atoms with Crippen LogP contribution in [0, 0.1) is 17.3 Å². The van der Waals surface area contributed by atoms with Crippen LogP contribution in [0.4, 0.5) is 0 Å². The molecule has 3 aliphatic rings. The van der Waals surface area contributed by atoms with Crippen molar-refractivity contribution in [2.75, 3.05) is 0 Å². The number of aromatic hydroxyl groups is 1. The van der Waals surface area contributed by atoms with Gasteiger partial charge in [-0.1, -0.05) is 27.2 Å². The molecule has 2 aliphatic carbocycles. The summed E-state index contributed by atoms with van der Waals surface area (Å²) in [4.78, 5) is 0. The summed E-state index contributed by atoms with van der Waals surface area (Å²) in [6.45, 7) is 9.20. The number of ether oxygens (including phenoxy) is 1. The van der Waals surface area contributed by atoms with Gasteiger partial charge in [-0.25, -0.2) is 0 Å². The SMILES string of the molecule is CCCc1cc(O)c2c(c1)O[C@]1(C)CC[C@H]3C1C2C3(C)C. The molecular formula is C19H26O2. The fourth-order valence-corrected chi connectivity index (χ4v) is 5.63. The monoisotopic (exact) mass is 286 g/mol. The van der Waals surface area contributed by atoms with Gasteiger partial charge in [-0.15, -0.1) is 0 Å². The highest BCUT2D eigenvalue weighted by atomic mass is 16.5. The second kappa shape index (κ2) is 3.97. The lowest BCUT2D eigenvalue weighted by molar-refractivity contribution is -0.121. The first kappa shape index (κ1) is 13.5. The van der Waals surface area contributed by atoms with Gasteiger partial charge in [0.2, 0.25) is 0 Å². The summed E-state index contributed by atoms with van der Waals surface area (Å²) in [5.74, 6) is 3.20. The molecule has 1 aromatic rings. The van der Waals surface area contributed by atoms with Crippen molar-refractivity contribution >= 4 is 0 Å². The minimum absolute atomic E-state index is 0.0187. The van der Waals surface area contributed by atoms with E-state index in [9.17, 15) is 5.11 Å². The van der Waals surface area contributed by atoms with E-state index in [2.05, 4.69) is 33.8 Å². The quantitative estimate of drug-likeness (QED) is 0.857. The zero-order valence-electron chi connectivity index (χ0n) is 13.6. The fourth-order valence-electron chi connectivity index (χ4n) is 5.63. The van der Waals surface area contributed by atoms with Crippen molar-refractivity contribution in [1.82, 2.24) is 0 Å². The molecule has 2 nitrogen and oxygen atoms in total. The minimum atomic E-state index is -0.0187. The number of phenols is 1. The molecule has 0 aromatic heterocycles. The summed E-state index contributed by atoms with van der Waals surface area (Å²) in [6, 6.07) is 4.15. The molecule has 0 saturated heterocycles. The topological polar surface area (TPSA) is 29.5 Å². The predicted molar refractivity (Wildman–Crippen MR) is 83.9 cm³/mol. The Morgan fingerprint density at radius 3 is 2.76 bits per heavy atom. The Labute approximate surface area is 127 Å². The van der Waals surface area contributed by atoms with E-state index in [-0.39, 0.29) is 11.0 Å². The van der Waals surface area contributed by atoms with Crippen LogP contribution in [0.1, 0.15) is 64.0 Å². The van der Waals surface area contributed by atoms with Crippen LogP contribution in [0.5, 0.6) is 11.5 Å². The van der Waals surface area contributed by atoms with Crippen molar-refractivity contribution in [1.29, 1.82) is 0 Å². The van der Waals surface area contributed by atoms with Crippen molar-refractivity contribution in [3.05, 3.63) is 23.3 Å². The largest absolute Gasteiger partial charge is 0.508 e. The predicted octanol–water partition coefficient (Wildman–Crippen LogP) is 4.65. The number of fused-ring (bicyclic) bond motifs is 2. The Bertz CT molecular complexity index is 604. The Morgan fingerprint density at radius 1 is 1.29 bits per heavy atom. The van der Waals surface area contributed by atoms with Gasteiger partial charge in [0, 0.05) is 17.4 Å². The second-order valence-electron chi connectivity index (χ2n) is 8.16. The molecule has 0 spiro atoms. The maximum atomic E-state index is 10.6. The summed E-state index contributed by atoms with van der Waals surface area (Å²) in [5.41, 5.74) is 2.54. The average Bonchev–Trinajstić information content (AvgIpc) is 2.72. The lowest BCUT2D eigenvalue weighted by Gasteiger charge is -2.62. The molecule has 2 unspecified atom stereocenters. The molecule has 0 radical (unpaired) electrons. The minimum Gasteiger partial charge on any atom is -0.508 e. The highest BCUT2D eigenvalue weighted by molar-refractivity contribution is 5.55. The molecular weight excluding hydrogens is 260 g/mol. The molecule has 2 heteroatoms. The van der Waals surface area contributed by atoms with Gasteiger partial charge < -0.3 is 9.84 Å². The number of hydrogen-bond acceptors (Lipinski definition) is 2. The third-order valence-corrected chi connectivity index (χ3v) is 6.58. The lowest BCUT2D eigenvalue weighted by atomic mass is 9.45. The van der Waals surface area contributed by atoms with Crippen molar-refractivity contribution in [2.24, 2.45) is 17.3 Å². The summed E-state index contributed by atoms with van der Waals surface area (Å²) in [5, 5.41) is 10.6. The summed E-state index contributed by atoms with van der Waals surface area (Å²) >= 11 is 0. The van der Waals surface area contributed by atoms with Crippen molar-refractivity contribution in [3.8, 4) is 11.5 Å². The third-order valence-electron chi connectivity index (χ3n) is 6.58. The first-order chi connectivity index (χ1) is 9.88. The molecule has 114 valence electrons. The van der Waals surface area contributed by atoms with Gasteiger partial charge in [-0.3, -0.25) is 0 Å². The molecule has 21 heavy (non-hydrogen) atoms. The first-order valence-corrected chi connectivity index (χ1v) is 8.43. The van der Waals surface area contributed by atoms with E-state index < -0.39 is 0 Å². The van der Waals surface area contributed by atoms with E-state index in [0.717, 1.165) is 36.5 Å². The molecule has 4 atom stereocenters. The van der Waals surface area contributed by atoms with Crippen molar-refractivity contribution in [2.45, 2.75) is 64.9 Å². The van der Waals surface area contributed by atoms with Gasteiger partial charge in [0.15, 0.2) is 0 Å². The normalized spacial score (nSPS) is 38.2. The summed E-state index contributed by atoms with van der Waals surface area (Å²) in [6.07, 6.45) is 4.51. The standard InChI is InChI=1S/C19H26O2/c1-5-6-11-9-13(20)15-14(10-11)21-19(4)8-7-12-16(19)17(15)18(12,2)3/h9-10,12,16-17,20H,5-8H2,1-4H3/t12-,16?,17?,19+/m0/s1. The summed E-state index contributed by atoms with van der Waals surface area (Å²) in [7, 11) is 0. The highest BCUT2D eigenvalue weighted by Crippen LogP contribution is 2.74. The molecule has 0 amide bonds. The average molecular weight is 286 g/mol. The Kier molecular flexibility index (Phi) is 2.55. The van der Waals surface area contributed by atoms with Crippen LogP contribution in [0.25, 0.3) is 0 Å².